The van der Waals surface area contributed by atoms with Gasteiger partial charge in [-0.2, -0.15) is 0 Å². The lowest BCUT2D eigenvalue weighted by Crippen LogP contribution is -2.34. The van der Waals surface area contributed by atoms with Crippen LogP contribution in [0.15, 0.2) is 0 Å². The molecule has 1 heteroatoms. The van der Waals surface area contributed by atoms with Crippen LogP contribution in [0.25, 0.3) is 0 Å². The van der Waals surface area contributed by atoms with E-state index in [2.05, 4.69) is 17.2 Å². The molecule has 0 spiro atoms. The van der Waals surface area contributed by atoms with Gasteiger partial charge in [0.05, 0.1) is 6.54 Å². The predicted octanol–water partition coefficient (Wildman–Crippen LogP) is 2.57. The van der Waals surface area contributed by atoms with E-state index in [-0.39, 0.29) is 0 Å². The molecule has 0 saturated heterocycles. The molecule has 2 fully saturated rings. The fourth-order valence-corrected chi connectivity index (χ4v) is 2.69. The summed E-state index contributed by atoms with van der Waals surface area (Å²) >= 11 is 0. The Morgan fingerprint density at radius 2 is 2.00 bits per heavy atom. The third kappa shape index (κ3) is 2.75. The molecule has 2 saturated carbocycles. The first-order valence-corrected chi connectivity index (χ1v) is 6.03. The van der Waals surface area contributed by atoms with Gasteiger partial charge in [0.1, 0.15) is 0 Å². The molecule has 2 rings (SSSR count). The van der Waals surface area contributed by atoms with Crippen molar-refractivity contribution in [1.82, 2.24) is 5.32 Å². The van der Waals surface area contributed by atoms with Gasteiger partial charge in [-0.1, -0.05) is 18.8 Å². The fourth-order valence-electron chi connectivity index (χ4n) is 2.69. The van der Waals surface area contributed by atoms with Gasteiger partial charge in [0.25, 0.3) is 0 Å². The minimum Gasteiger partial charge on any atom is -0.303 e. The highest BCUT2D eigenvalue weighted by molar-refractivity contribution is 4.98. The standard InChI is InChI=1S/C13H21N/c1-2-3-9-14-13-6-4-5-12(10-13)11-7-8-11/h11-14H,4-10H2,1H3. The quantitative estimate of drug-likeness (QED) is 0.676. The Labute approximate surface area is 87.7 Å². The van der Waals surface area contributed by atoms with Crippen molar-refractivity contribution >= 4 is 0 Å². The van der Waals surface area contributed by atoms with Crippen LogP contribution in [-0.4, -0.2) is 12.6 Å². The number of rotatable bonds is 3. The molecule has 0 radical (unpaired) electrons. The van der Waals surface area contributed by atoms with Crippen molar-refractivity contribution < 1.29 is 0 Å². The zero-order valence-electron chi connectivity index (χ0n) is 9.18. The van der Waals surface area contributed by atoms with Crippen LogP contribution in [0.3, 0.4) is 0 Å². The van der Waals surface area contributed by atoms with Crippen LogP contribution in [0.5, 0.6) is 0 Å². The smallest absolute Gasteiger partial charge is 0.0578 e. The van der Waals surface area contributed by atoms with Crippen molar-refractivity contribution in [3.8, 4) is 11.8 Å². The number of hydrogen-bond acceptors (Lipinski definition) is 1. The van der Waals surface area contributed by atoms with E-state index in [1.807, 2.05) is 6.92 Å². The maximum Gasteiger partial charge on any atom is 0.0578 e. The third-order valence-corrected chi connectivity index (χ3v) is 3.66. The zero-order chi connectivity index (χ0) is 9.80. The molecule has 0 amide bonds. The summed E-state index contributed by atoms with van der Waals surface area (Å²) in [7, 11) is 0. The molecule has 0 aromatic heterocycles. The first-order chi connectivity index (χ1) is 6.90. The first kappa shape index (κ1) is 10.1. The Morgan fingerprint density at radius 1 is 1.14 bits per heavy atom. The summed E-state index contributed by atoms with van der Waals surface area (Å²) in [5.74, 6) is 8.17. The van der Waals surface area contributed by atoms with Gasteiger partial charge in [-0.15, -0.1) is 5.92 Å². The summed E-state index contributed by atoms with van der Waals surface area (Å²) < 4.78 is 0. The van der Waals surface area contributed by atoms with Crippen LogP contribution in [0.4, 0.5) is 0 Å². The van der Waals surface area contributed by atoms with Gasteiger partial charge < -0.3 is 5.32 Å². The molecule has 2 unspecified atom stereocenters. The van der Waals surface area contributed by atoms with E-state index in [9.17, 15) is 0 Å². The van der Waals surface area contributed by atoms with Crippen LogP contribution in [0, 0.1) is 23.7 Å². The maximum atomic E-state index is 3.56. The monoisotopic (exact) mass is 191 g/mol. The minimum absolute atomic E-state index is 0.759. The lowest BCUT2D eigenvalue weighted by atomic mass is 9.83. The van der Waals surface area contributed by atoms with Crippen molar-refractivity contribution in [2.24, 2.45) is 11.8 Å². The van der Waals surface area contributed by atoms with Crippen LogP contribution < -0.4 is 5.32 Å². The minimum atomic E-state index is 0.759. The van der Waals surface area contributed by atoms with Gasteiger partial charge in [0, 0.05) is 6.04 Å². The van der Waals surface area contributed by atoms with Crippen LogP contribution >= 0.6 is 0 Å². The summed E-state index contributed by atoms with van der Waals surface area (Å²) in [6.07, 6.45) is 8.71. The average Bonchev–Trinajstić information content (AvgIpc) is 3.02. The van der Waals surface area contributed by atoms with E-state index in [4.69, 9.17) is 0 Å². The largest absolute Gasteiger partial charge is 0.303 e. The molecule has 0 aromatic rings. The number of nitrogens with one attached hydrogen (secondary N) is 1. The van der Waals surface area contributed by atoms with Crippen molar-refractivity contribution in [3.63, 3.8) is 0 Å². The van der Waals surface area contributed by atoms with Gasteiger partial charge in [0.2, 0.25) is 0 Å². The second-order valence-corrected chi connectivity index (χ2v) is 4.77. The molecule has 78 valence electrons. The Hall–Kier alpha value is -0.480. The van der Waals surface area contributed by atoms with Crippen molar-refractivity contribution in [2.45, 2.75) is 51.5 Å². The van der Waals surface area contributed by atoms with E-state index in [0.717, 1.165) is 24.4 Å². The lowest BCUT2D eigenvalue weighted by molar-refractivity contribution is 0.266. The van der Waals surface area contributed by atoms with E-state index in [1.165, 1.54) is 38.5 Å². The molecule has 0 bridgehead atoms. The van der Waals surface area contributed by atoms with Crippen LogP contribution in [-0.2, 0) is 0 Å². The highest BCUT2D eigenvalue weighted by atomic mass is 14.9. The Balaban J connectivity index is 1.71. The molecular weight excluding hydrogens is 170 g/mol. The Morgan fingerprint density at radius 3 is 2.71 bits per heavy atom. The molecule has 0 aromatic carbocycles. The molecule has 14 heavy (non-hydrogen) atoms. The van der Waals surface area contributed by atoms with Gasteiger partial charge >= 0.3 is 0 Å². The van der Waals surface area contributed by atoms with Gasteiger partial charge in [-0.05, 0) is 44.4 Å². The van der Waals surface area contributed by atoms with Gasteiger partial charge in [-0.3, -0.25) is 0 Å². The molecule has 2 aliphatic carbocycles. The van der Waals surface area contributed by atoms with E-state index >= 15 is 0 Å². The average molecular weight is 191 g/mol. The third-order valence-electron chi connectivity index (χ3n) is 3.66. The van der Waals surface area contributed by atoms with Crippen LogP contribution in [0.2, 0.25) is 0 Å². The second-order valence-electron chi connectivity index (χ2n) is 4.77. The molecule has 0 aliphatic heterocycles. The normalized spacial score (nSPS) is 32.1. The Kier molecular flexibility index (Phi) is 3.48. The van der Waals surface area contributed by atoms with E-state index in [1.54, 1.807) is 0 Å². The molecule has 1 nitrogen and oxygen atoms in total. The zero-order valence-corrected chi connectivity index (χ0v) is 9.18. The van der Waals surface area contributed by atoms with Gasteiger partial charge in [0.15, 0.2) is 0 Å². The first-order valence-electron chi connectivity index (χ1n) is 6.03. The van der Waals surface area contributed by atoms with Crippen molar-refractivity contribution in [1.29, 1.82) is 0 Å². The molecule has 0 heterocycles. The summed E-state index contributed by atoms with van der Waals surface area (Å²) in [4.78, 5) is 0. The maximum absolute atomic E-state index is 3.56. The molecule has 2 atom stereocenters. The second kappa shape index (κ2) is 4.84. The Bertz CT molecular complexity index is 231. The predicted molar refractivity (Wildman–Crippen MR) is 59.9 cm³/mol. The van der Waals surface area contributed by atoms with Crippen molar-refractivity contribution in [3.05, 3.63) is 0 Å². The van der Waals surface area contributed by atoms with Crippen molar-refractivity contribution in [2.75, 3.05) is 6.54 Å². The highest BCUT2D eigenvalue weighted by Crippen LogP contribution is 2.43. The summed E-state index contributed by atoms with van der Waals surface area (Å²) in [6, 6.07) is 0.759. The highest BCUT2D eigenvalue weighted by Gasteiger charge is 2.34. The summed E-state index contributed by atoms with van der Waals surface area (Å²) in [5, 5.41) is 3.56. The van der Waals surface area contributed by atoms with E-state index in [0.29, 0.717) is 0 Å². The lowest BCUT2D eigenvalue weighted by Gasteiger charge is -2.29. The van der Waals surface area contributed by atoms with Gasteiger partial charge in [-0.25, -0.2) is 0 Å². The molecule has 1 N–H and O–H groups in total. The SMILES string of the molecule is CC#CCNC1CCCC(C2CC2)C1. The summed E-state index contributed by atoms with van der Waals surface area (Å²) in [6.45, 7) is 2.80. The van der Waals surface area contributed by atoms with E-state index < -0.39 is 0 Å². The summed E-state index contributed by atoms with van der Waals surface area (Å²) in [5.41, 5.74) is 0. The molecular formula is C13H21N. The molecule has 2 aliphatic rings. The number of hydrogen-bond donors (Lipinski definition) is 1. The van der Waals surface area contributed by atoms with Crippen LogP contribution in [0.1, 0.15) is 45.4 Å². The topological polar surface area (TPSA) is 12.0 Å². The fraction of sp³-hybridized carbons (Fsp3) is 0.846.